The average Bonchev–Trinajstić information content (AvgIpc) is 2.32. The van der Waals surface area contributed by atoms with Crippen molar-refractivity contribution in [2.24, 2.45) is 0 Å². The molecule has 1 aromatic carbocycles. The smallest absolute Gasteiger partial charge is 0.0597 e. The largest absolute Gasteiger partial charge is 0.361 e. The van der Waals surface area contributed by atoms with Crippen LogP contribution in [0.1, 0.15) is 19.3 Å². The molecule has 0 saturated carbocycles. The zero-order chi connectivity index (χ0) is 11.4. The number of benzene rings is 1. The van der Waals surface area contributed by atoms with Crippen LogP contribution in [-0.2, 0) is 0 Å². The van der Waals surface area contributed by atoms with Crippen molar-refractivity contribution in [2.45, 2.75) is 19.3 Å². The van der Waals surface area contributed by atoms with Crippen molar-refractivity contribution in [3.8, 4) is 0 Å². The van der Waals surface area contributed by atoms with Crippen LogP contribution in [0.3, 0.4) is 0 Å². The van der Waals surface area contributed by atoms with Crippen LogP contribution >= 0.6 is 23.2 Å². The Morgan fingerprint density at radius 2 is 1.81 bits per heavy atom. The molecule has 1 nitrogen and oxygen atoms in total. The van der Waals surface area contributed by atoms with Crippen molar-refractivity contribution >= 4 is 28.9 Å². The van der Waals surface area contributed by atoms with Gasteiger partial charge >= 0.3 is 0 Å². The van der Waals surface area contributed by atoms with Gasteiger partial charge in [0, 0.05) is 16.9 Å². The molecule has 84 valence electrons. The first-order chi connectivity index (χ1) is 7.77. The fourth-order valence-corrected chi connectivity index (χ4v) is 2.17. The van der Waals surface area contributed by atoms with E-state index in [1.54, 1.807) is 0 Å². The van der Waals surface area contributed by atoms with Gasteiger partial charge in [-0.1, -0.05) is 41.4 Å². The molecule has 0 atom stereocenters. The summed E-state index contributed by atoms with van der Waals surface area (Å²) in [6.45, 7) is 0. The van der Waals surface area contributed by atoms with Crippen molar-refractivity contribution in [3.63, 3.8) is 0 Å². The van der Waals surface area contributed by atoms with E-state index < -0.39 is 0 Å². The van der Waals surface area contributed by atoms with Gasteiger partial charge in [0.15, 0.2) is 0 Å². The molecule has 0 heterocycles. The maximum absolute atomic E-state index is 6.14. The van der Waals surface area contributed by atoms with Gasteiger partial charge in [-0.2, -0.15) is 0 Å². The van der Waals surface area contributed by atoms with Crippen molar-refractivity contribution in [1.82, 2.24) is 0 Å². The van der Waals surface area contributed by atoms with E-state index in [2.05, 4.69) is 5.32 Å². The zero-order valence-electron chi connectivity index (χ0n) is 8.84. The molecule has 0 unspecified atom stereocenters. The Kier molecular flexibility index (Phi) is 3.92. The second kappa shape index (κ2) is 5.42. The third kappa shape index (κ3) is 2.81. The van der Waals surface area contributed by atoms with E-state index in [1.807, 2.05) is 36.5 Å². The van der Waals surface area contributed by atoms with Gasteiger partial charge in [0.1, 0.15) is 0 Å². The summed E-state index contributed by atoms with van der Waals surface area (Å²) in [6.07, 6.45) is 4.88. The molecular formula is C13H13Cl2N. The zero-order valence-corrected chi connectivity index (χ0v) is 10.4. The number of hydrogen-bond donors (Lipinski definition) is 1. The topological polar surface area (TPSA) is 12.0 Å². The van der Waals surface area contributed by atoms with Crippen molar-refractivity contribution in [2.75, 3.05) is 5.32 Å². The molecule has 0 aromatic heterocycles. The maximum Gasteiger partial charge on any atom is 0.0597 e. The monoisotopic (exact) mass is 253 g/mol. The highest BCUT2D eigenvalue weighted by atomic mass is 35.5. The average molecular weight is 254 g/mol. The summed E-state index contributed by atoms with van der Waals surface area (Å²) < 4.78 is 0. The van der Waals surface area contributed by atoms with Crippen LogP contribution in [0.15, 0.2) is 52.2 Å². The minimum absolute atomic E-state index is 0.705. The number of rotatable bonds is 2. The molecular weight excluding hydrogens is 241 g/mol. The van der Waals surface area contributed by atoms with E-state index in [1.165, 1.54) is 0 Å². The number of allylic oxidation sites excluding steroid dienone is 3. The van der Waals surface area contributed by atoms with Crippen LogP contribution in [0, 0.1) is 0 Å². The highest BCUT2D eigenvalue weighted by Gasteiger charge is 2.13. The predicted molar refractivity (Wildman–Crippen MR) is 70.7 cm³/mol. The molecule has 0 spiro atoms. The van der Waals surface area contributed by atoms with Gasteiger partial charge in [-0.3, -0.25) is 0 Å². The summed E-state index contributed by atoms with van der Waals surface area (Å²) in [5, 5.41) is 4.70. The van der Waals surface area contributed by atoms with Crippen LogP contribution in [0.5, 0.6) is 0 Å². The number of para-hydroxylation sites is 1. The van der Waals surface area contributed by atoms with Crippen LogP contribution in [0.2, 0.25) is 0 Å². The highest BCUT2D eigenvalue weighted by molar-refractivity contribution is 6.40. The molecule has 0 bridgehead atoms. The number of halogens is 2. The first kappa shape index (κ1) is 11.6. The van der Waals surface area contributed by atoms with Crippen molar-refractivity contribution in [3.05, 3.63) is 52.2 Å². The van der Waals surface area contributed by atoms with Gasteiger partial charge in [0.2, 0.25) is 0 Å². The molecule has 0 amide bonds. The lowest BCUT2D eigenvalue weighted by Crippen LogP contribution is -1.98. The van der Waals surface area contributed by atoms with Crippen LogP contribution in [0.25, 0.3) is 0 Å². The van der Waals surface area contributed by atoms with Crippen LogP contribution < -0.4 is 5.32 Å². The molecule has 1 N–H and O–H groups in total. The maximum atomic E-state index is 6.14. The molecule has 0 aliphatic heterocycles. The molecule has 16 heavy (non-hydrogen) atoms. The Labute approximate surface area is 106 Å². The molecule has 1 aliphatic carbocycles. The Morgan fingerprint density at radius 3 is 2.56 bits per heavy atom. The van der Waals surface area contributed by atoms with E-state index in [9.17, 15) is 0 Å². The van der Waals surface area contributed by atoms with Crippen molar-refractivity contribution < 1.29 is 0 Å². The molecule has 1 aliphatic rings. The van der Waals surface area contributed by atoms with Crippen molar-refractivity contribution in [1.29, 1.82) is 0 Å². The van der Waals surface area contributed by atoms with Gasteiger partial charge in [0.25, 0.3) is 0 Å². The first-order valence-corrected chi connectivity index (χ1v) is 6.08. The Bertz CT molecular complexity index is 421. The number of anilines is 1. The standard InChI is InChI=1S/C13H13Cl2N/c14-12-8-4-5-10(13(12)15)9-16-11-6-2-1-3-7-11/h1-3,6-7,9,16H,4-5,8H2. The number of nitrogens with one attached hydrogen (secondary N) is 1. The summed E-state index contributed by atoms with van der Waals surface area (Å²) in [5.41, 5.74) is 2.14. The fourth-order valence-electron chi connectivity index (χ4n) is 1.67. The summed E-state index contributed by atoms with van der Waals surface area (Å²) in [5.74, 6) is 0. The second-order valence-corrected chi connectivity index (χ2v) is 4.59. The summed E-state index contributed by atoms with van der Waals surface area (Å²) in [7, 11) is 0. The Hall–Kier alpha value is -0.920. The first-order valence-electron chi connectivity index (χ1n) is 5.32. The van der Waals surface area contributed by atoms with E-state index in [0.29, 0.717) is 5.03 Å². The molecule has 1 aromatic rings. The lowest BCUT2D eigenvalue weighted by Gasteiger charge is -2.15. The highest BCUT2D eigenvalue weighted by Crippen LogP contribution is 2.34. The summed E-state index contributed by atoms with van der Waals surface area (Å²) in [4.78, 5) is 0. The van der Waals surface area contributed by atoms with Gasteiger partial charge in [-0.05, 0) is 37.0 Å². The second-order valence-electron chi connectivity index (χ2n) is 3.75. The molecule has 2 rings (SSSR count). The lowest BCUT2D eigenvalue weighted by molar-refractivity contribution is 0.804. The van der Waals surface area contributed by atoms with E-state index in [4.69, 9.17) is 23.2 Å². The fraction of sp³-hybridized carbons (Fsp3) is 0.231. The lowest BCUT2D eigenvalue weighted by atomic mass is 10.0. The van der Waals surface area contributed by atoms with Gasteiger partial charge in [-0.15, -0.1) is 0 Å². The van der Waals surface area contributed by atoms with E-state index in [-0.39, 0.29) is 0 Å². The van der Waals surface area contributed by atoms with Crippen LogP contribution in [-0.4, -0.2) is 0 Å². The predicted octanol–water partition coefficient (Wildman–Crippen LogP) is 4.86. The molecule has 0 saturated heterocycles. The Morgan fingerprint density at radius 1 is 1.06 bits per heavy atom. The minimum atomic E-state index is 0.705. The Balaban J connectivity index is 2.11. The molecule has 3 heteroatoms. The van der Waals surface area contributed by atoms with E-state index in [0.717, 1.165) is 35.6 Å². The number of hydrogen-bond acceptors (Lipinski definition) is 1. The van der Waals surface area contributed by atoms with Gasteiger partial charge in [-0.25, -0.2) is 0 Å². The van der Waals surface area contributed by atoms with Crippen LogP contribution in [0.4, 0.5) is 5.69 Å². The SMILES string of the molecule is ClC1=C(Cl)C(=CNc2ccccc2)CCC1. The molecule has 0 fully saturated rings. The summed E-state index contributed by atoms with van der Waals surface area (Å²) in [6, 6.07) is 10.00. The quantitative estimate of drug-likeness (QED) is 0.795. The third-order valence-electron chi connectivity index (χ3n) is 2.55. The van der Waals surface area contributed by atoms with Gasteiger partial charge < -0.3 is 5.32 Å². The normalized spacial score (nSPS) is 19.0. The minimum Gasteiger partial charge on any atom is -0.361 e. The summed E-state index contributed by atoms with van der Waals surface area (Å²) >= 11 is 12.2. The van der Waals surface area contributed by atoms with E-state index >= 15 is 0 Å². The third-order valence-corrected chi connectivity index (χ3v) is 3.49. The molecule has 0 radical (unpaired) electrons. The van der Waals surface area contributed by atoms with Gasteiger partial charge in [0.05, 0.1) is 5.03 Å².